The van der Waals surface area contributed by atoms with Crippen molar-refractivity contribution < 1.29 is 14.4 Å². The average molecular weight is 404 g/mol. The zero-order valence-electron chi connectivity index (χ0n) is 16.7. The number of benzene rings is 2. The third-order valence-corrected chi connectivity index (χ3v) is 5.16. The van der Waals surface area contributed by atoms with Crippen molar-refractivity contribution in [2.75, 3.05) is 10.6 Å². The Balaban J connectivity index is 1.43. The molecule has 1 atom stereocenters. The number of carbonyl (C=O) groups excluding carboxylic acids is 3. The zero-order valence-corrected chi connectivity index (χ0v) is 16.7. The SMILES string of the molecule is CC(=O)N1C=Cc2ccccc2[C@@H]1CC(=O)Nc1cccc(NC(=O)NC2CC2)c1. The number of urea groups is 1. The van der Waals surface area contributed by atoms with E-state index in [1.807, 2.05) is 30.3 Å². The first-order chi connectivity index (χ1) is 14.5. The van der Waals surface area contributed by atoms with Crippen molar-refractivity contribution in [1.82, 2.24) is 10.2 Å². The first-order valence-electron chi connectivity index (χ1n) is 10.0. The van der Waals surface area contributed by atoms with Gasteiger partial charge in [-0.15, -0.1) is 0 Å². The molecule has 0 radical (unpaired) electrons. The second-order valence-corrected chi connectivity index (χ2v) is 7.59. The second kappa shape index (κ2) is 8.41. The predicted molar refractivity (Wildman–Crippen MR) is 116 cm³/mol. The molecule has 4 rings (SSSR count). The van der Waals surface area contributed by atoms with Crippen molar-refractivity contribution in [2.24, 2.45) is 0 Å². The lowest BCUT2D eigenvalue weighted by Gasteiger charge is -2.32. The monoisotopic (exact) mass is 404 g/mol. The molecule has 30 heavy (non-hydrogen) atoms. The number of carbonyl (C=O) groups is 3. The summed E-state index contributed by atoms with van der Waals surface area (Å²) >= 11 is 0. The summed E-state index contributed by atoms with van der Waals surface area (Å²) in [4.78, 5) is 38.4. The van der Waals surface area contributed by atoms with Gasteiger partial charge in [-0.25, -0.2) is 4.79 Å². The minimum atomic E-state index is -0.366. The van der Waals surface area contributed by atoms with E-state index in [2.05, 4.69) is 16.0 Å². The lowest BCUT2D eigenvalue weighted by Crippen LogP contribution is -2.33. The molecule has 3 N–H and O–H groups in total. The number of amides is 4. The maximum Gasteiger partial charge on any atom is 0.319 e. The highest BCUT2D eigenvalue weighted by molar-refractivity contribution is 5.94. The maximum absolute atomic E-state index is 12.8. The van der Waals surface area contributed by atoms with E-state index in [-0.39, 0.29) is 36.3 Å². The standard InChI is InChI=1S/C23H24N4O3/c1-15(28)27-12-11-16-5-2-3-8-20(16)21(27)14-22(29)24-18-6-4-7-19(13-18)26-23(30)25-17-9-10-17/h2-8,11-13,17,21H,9-10,14H2,1H3,(H,24,29)(H2,25,26,30)/t21-/m0/s1. The average Bonchev–Trinajstić information content (AvgIpc) is 3.52. The van der Waals surface area contributed by atoms with E-state index in [4.69, 9.17) is 0 Å². The molecular weight excluding hydrogens is 380 g/mol. The van der Waals surface area contributed by atoms with Gasteiger partial charge in [-0.2, -0.15) is 0 Å². The number of rotatable bonds is 5. The first kappa shape index (κ1) is 19.7. The zero-order chi connectivity index (χ0) is 21.1. The molecule has 0 saturated heterocycles. The molecule has 7 heteroatoms. The molecule has 1 heterocycles. The van der Waals surface area contributed by atoms with Gasteiger partial charge in [-0.1, -0.05) is 30.3 Å². The fourth-order valence-electron chi connectivity index (χ4n) is 3.56. The highest BCUT2D eigenvalue weighted by Crippen LogP contribution is 2.33. The van der Waals surface area contributed by atoms with E-state index < -0.39 is 0 Å². The van der Waals surface area contributed by atoms with Crippen LogP contribution in [0.25, 0.3) is 6.08 Å². The quantitative estimate of drug-likeness (QED) is 0.706. The van der Waals surface area contributed by atoms with Crippen LogP contribution in [0.15, 0.2) is 54.7 Å². The smallest absolute Gasteiger partial charge is 0.319 e. The van der Waals surface area contributed by atoms with E-state index in [0.717, 1.165) is 24.0 Å². The minimum absolute atomic E-state index is 0.119. The van der Waals surface area contributed by atoms with Gasteiger partial charge in [-0.3, -0.25) is 9.59 Å². The minimum Gasteiger partial charge on any atom is -0.335 e. The van der Waals surface area contributed by atoms with Crippen molar-refractivity contribution in [3.05, 3.63) is 65.9 Å². The number of fused-ring (bicyclic) bond motifs is 1. The summed E-state index contributed by atoms with van der Waals surface area (Å²) in [7, 11) is 0. The van der Waals surface area contributed by atoms with Gasteiger partial charge in [0, 0.05) is 30.5 Å². The second-order valence-electron chi connectivity index (χ2n) is 7.59. The van der Waals surface area contributed by atoms with E-state index in [1.54, 1.807) is 35.4 Å². The van der Waals surface area contributed by atoms with Gasteiger partial charge in [0.2, 0.25) is 11.8 Å². The third-order valence-electron chi connectivity index (χ3n) is 5.16. The van der Waals surface area contributed by atoms with Gasteiger partial charge in [0.1, 0.15) is 0 Å². The van der Waals surface area contributed by atoms with Crippen molar-refractivity contribution in [2.45, 2.75) is 38.3 Å². The topological polar surface area (TPSA) is 90.5 Å². The normalized spacial score (nSPS) is 17.1. The van der Waals surface area contributed by atoms with Crippen LogP contribution in [0.1, 0.15) is 43.4 Å². The van der Waals surface area contributed by atoms with Crippen molar-refractivity contribution in [3.8, 4) is 0 Å². The molecule has 1 aliphatic heterocycles. The van der Waals surface area contributed by atoms with Crippen LogP contribution in [0.2, 0.25) is 0 Å². The molecule has 2 aromatic rings. The van der Waals surface area contributed by atoms with Crippen LogP contribution >= 0.6 is 0 Å². The molecule has 0 bridgehead atoms. The number of nitrogens with one attached hydrogen (secondary N) is 3. The molecular formula is C23H24N4O3. The van der Waals surface area contributed by atoms with Crippen LogP contribution in [0, 0.1) is 0 Å². The summed E-state index contributed by atoms with van der Waals surface area (Å²) in [6.45, 7) is 1.49. The van der Waals surface area contributed by atoms with Crippen LogP contribution in [0.5, 0.6) is 0 Å². The lowest BCUT2D eigenvalue weighted by molar-refractivity contribution is -0.129. The molecule has 0 spiro atoms. The van der Waals surface area contributed by atoms with Gasteiger partial charge >= 0.3 is 6.03 Å². The summed E-state index contributed by atoms with van der Waals surface area (Å²) in [5.41, 5.74) is 3.12. The highest BCUT2D eigenvalue weighted by Gasteiger charge is 2.28. The van der Waals surface area contributed by atoms with Crippen LogP contribution in [0.3, 0.4) is 0 Å². The Kier molecular flexibility index (Phi) is 5.52. The molecule has 1 aliphatic carbocycles. The van der Waals surface area contributed by atoms with Crippen LogP contribution < -0.4 is 16.0 Å². The number of hydrogen-bond donors (Lipinski definition) is 3. The van der Waals surface area contributed by atoms with Crippen LogP contribution in [-0.4, -0.2) is 28.8 Å². The summed E-state index contributed by atoms with van der Waals surface area (Å²) < 4.78 is 0. The Morgan fingerprint density at radius 1 is 1.00 bits per heavy atom. The largest absolute Gasteiger partial charge is 0.335 e. The Bertz CT molecular complexity index is 1010. The summed E-state index contributed by atoms with van der Waals surface area (Å²) in [6.07, 6.45) is 5.76. The van der Waals surface area contributed by atoms with E-state index in [0.29, 0.717) is 11.4 Å². The van der Waals surface area contributed by atoms with E-state index in [9.17, 15) is 14.4 Å². The summed E-state index contributed by atoms with van der Waals surface area (Å²) in [6, 6.07) is 14.4. The van der Waals surface area contributed by atoms with Crippen molar-refractivity contribution >= 4 is 35.3 Å². The van der Waals surface area contributed by atoms with Gasteiger partial charge in [0.05, 0.1) is 12.5 Å². The Morgan fingerprint density at radius 2 is 1.73 bits per heavy atom. The first-order valence-corrected chi connectivity index (χ1v) is 10.0. The molecule has 7 nitrogen and oxygen atoms in total. The van der Waals surface area contributed by atoms with Crippen LogP contribution in [0.4, 0.5) is 16.2 Å². The molecule has 2 aromatic carbocycles. The molecule has 0 unspecified atom stereocenters. The highest BCUT2D eigenvalue weighted by atomic mass is 16.2. The number of anilines is 2. The van der Waals surface area contributed by atoms with Crippen molar-refractivity contribution in [3.63, 3.8) is 0 Å². The van der Waals surface area contributed by atoms with Gasteiger partial charge in [0.15, 0.2) is 0 Å². The molecule has 1 saturated carbocycles. The summed E-state index contributed by atoms with van der Waals surface area (Å²) in [5, 5.41) is 8.51. The third kappa shape index (κ3) is 4.68. The van der Waals surface area contributed by atoms with Gasteiger partial charge < -0.3 is 20.9 Å². The van der Waals surface area contributed by atoms with Crippen molar-refractivity contribution in [1.29, 1.82) is 0 Å². The molecule has 2 aliphatic rings. The summed E-state index contributed by atoms with van der Waals surface area (Å²) in [5.74, 6) is -0.331. The van der Waals surface area contributed by atoms with E-state index >= 15 is 0 Å². The van der Waals surface area contributed by atoms with Gasteiger partial charge in [0.25, 0.3) is 0 Å². The van der Waals surface area contributed by atoms with Crippen LogP contribution in [-0.2, 0) is 9.59 Å². The molecule has 154 valence electrons. The molecule has 0 aromatic heterocycles. The predicted octanol–water partition coefficient (Wildman–Crippen LogP) is 3.87. The maximum atomic E-state index is 12.8. The Morgan fingerprint density at radius 3 is 2.47 bits per heavy atom. The Hall–Kier alpha value is -3.61. The fraction of sp³-hybridized carbons (Fsp3) is 0.261. The lowest BCUT2D eigenvalue weighted by atomic mass is 9.93. The van der Waals surface area contributed by atoms with E-state index in [1.165, 1.54) is 6.92 Å². The Labute approximate surface area is 175 Å². The fourth-order valence-corrected chi connectivity index (χ4v) is 3.56. The molecule has 1 fully saturated rings. The van der Waals surface area contributed by atoms with Gasteiger partial charge in [-0.05, 0) is 48.2 Å². The number of hydrogen-bond acceptors (Lipinski definition) is 3. The molecule has 4 amide bonds. The number of nitrogens with zero attached hydrogens (tertiary/aromatic N) is 1.